The molecule has 4 aromatic carbocycles. The summed E-state index contributed by atoms with van der Waals surface area (Å²) in [5.41, 5.74) is 10.5. The first-order valence-electron chi connectivity index (χ1n) is 14.9. The molecular weight excluding hydrogens is 528 g/mol. The molecule has 0 fully saturated rings. The van der Waals surface area contributed by atoms with Gasteiger partial charge in [-0.2, -0.15) is 5.26 Å². The standard InChI is InChI=1S/C37H34N6/c1-4-17-37(23-27-9-7-11-34-31(27)16-19-43(34)33-10-6-5-8-28(33)24-38)40-32-22-29(21-26(3)35(32)41-37)36-39-18-20-42(36)30-14-12-25(2)13-15-30/h5-16,18-22,40-41H,4,17,23H2,1-3H3. The van der Waals surface area contributed by atoms with Gasteiger partial charge < -0.3 is 15.2 Å². The lowest BCUT2D eigenvalue weighted by molar-refractivity contribution is 0.491. The largest absolute Gasteiger partial charge is 0.361 e. The number of para-hydroxylation sites is 1. The van der Waals surface area contributed by atoms with Gasteiger partial charge in [-0.25, -0.2) is 4.98 Å². The van der Waals surface area contributed by atoms with Gasteiger partial charge in [0, 0.05) is 41.6 Å². The molecule has 6 heteroatoms. The number of nitrogens with one attached hydrogen (secondary N) is 2. The molecule has 2 N–H and O–H groups in total. The van der Waals surface area contributed by atoms with Gasteiger partial charge in [-0.3, -0.25) is 4.57 Å². The monoisotopic (exact) mass is 562 g/mol. The smallest absolute Gasteiger partial charge is 0.144 e. The van der Waals surface area contributed by atoms with Crippen molar-refractivity contribution in [3.05, 3.63) is 126 Å². The van der Waals surface area contributed by atoms with E-state index in [1.165, 1.54) is 22.1 Å². The van der Waals surface area contributed by atoms with E-state index in [9.17, 15) is 5.26 Å². The van der Waals surface area contributed by atoms with Crippen molar-refractivity contribution in [2.75, 3.05) is 10.6 Å². The highest BCUT2D eigenvalue weighted by atomic mass is 15.3. The van der Waals surface area contributed by atoms with Gasteiger partial charge in [0.2, 0.25) is 0 Å². The Hall–Kier alpha value is -5.28. The maximum absolute atomic E-state index is 9.71. The van der Waals surface area contributed by atoms with E-state index in [0.29, 0.717) is 5.56 Å². The minimum Gasteiger partial charge on any atom is -0.361 e. The number of aryl methyl sites for hydroxylation is 2. The molecule has 6 aromatic rings. The van der Waals surface area contributed by atoms with Crippen LogP contribution in [-0.4, -0.2) is 19.8 Å². The van der Waals surface area contributed by atoms with Gasteiger partial charge in [0.25, 0.3) is 0 Å². The lowest BCUT2D eigenvalue weighted by Gasteiger charge is -2.31. The lowest BCUT2D eigenvalue weighted by atomic mass is 9.93. The van der Waals surface area contributed by atoms with Gasteiger partial charge in [0.15, 0.2) is 0 Å². The van der Waals surface area contributed by atoms with Gasteiger partial charge in [0.05, 0.1) is 28.1 Å². The number of nitriles is 1. The molecular formula is C37H34N6. The molecule has 212 valence electrons. The zero-order valence-corrected chi connectivity index (χ0v) is 24.7. The third-order valence-electron chi connectivity index (χ3n) is 8.56. The SMILES string of the molecule is CCCC1(Cc2cccc3c2ccn3-c2ccccc2C#N)Nc2cc(-c3nccn3-c3ccc(C)cc3)cc(C)c2N1. The van der Waals surface area contributed by atoms with Gasteiger partial charge in [-0.05, 0) is 79.9 Å². The predicted octanol–water partition coefficient (Wildman–Crippen LogP) is 8.55. The number of imidazole rings is 1. The Bertz CT molecular complexity index is 2010. The highest BCUT2D eigenvalue weighted by molar-refractivity contribution is 5.88. The molecule has 1 aliphatic heterocycles. The maximum Gasteiger partial charge on any atom is 0.144 e. The number of hydrogen-bond acceptors (Lipinski definition) is 4. The van der Waals surface area contributed by atoms with E-state index in [4.69, 9.17) is 4.98 Å². The van der Waals surface area contributed by atoms with E-state index in [1.807, 2.05) is 36.7 Å². The van der Waals surface area contributed by atoms with Crippen LogP contribution in [0.2, 0.25) is 0 Å². The van der Waals surface area contributed by atoms with Crippen molar-refractivity contribution in [1.82, 2.24) is 14.1 Å². The first-order valence-corrected chi connectivity index (χ1v) is 14.9. The Morgan fingerprint density at radius 1 is 0.884 bits per heavy atom. The van der Waals surface area contributed by atoms with Crippen LogP contribution < -0.4 is 10.6 Å². The lowest BCUT2D eigenvalue weighted by Crippen LogP contribution is -2.44. The number of fused-ring (bicyclic) bond motifs is 2. The molecule has 1 unspecified atom stereocenters. The van der Waals surface area contributed by atoms with Crippen LogP contribution in [0.15, 0.2) is 104 Å². The maximum atomic E-state index is 9.71. The average Bonchev–Trinajstić information content (AvgIpc) is 3.76. The third kappa shape index (κ3) is 4.64. The van der Waals surface area contributed by atoms with Crippen molar-refractivity contribution in [2.24, 2.45) is 0 Å². The van der Waals surface area contributed by atoms with Crippen LogP contribution in [0.4, 0.5) is 11.4 Å². The number of aromatic nitrogens is 3. The van der Waals surface area contributed by atoms with Gasteiger partial charge >= 0.3 is 0 Å². The van der Waals surface area contributed by atoms with E-state index >= 15 is 0 Å². The van der Waals surface area contributed by atoms with E-state index < -0.39 is 0 Å². The fourth-order valence-electron chi connectivity index (χ4n) is 6.57. The van der Waals surface area contributed by atoms with E-state index in [1.54, 1.807) is 0 Å². The summed E-state index contributed by atoms with van der Waals surface area (Å²) in [7, 11) is 0. The number of nitrogens with zero attached hydrogens (tertiary/aromatic N) is 4. The zero-order valence-electron chi connectivity index (χ0n) is 24.7. The van der Waals surface area contributed by atoms with Crippen LogP contribution in [0.1, 0.15) is 42.0 Å². The highest BCUT2D eigenvalue weighted by Gasteiger charge is 2.37. The summed E-state index contributed by atoms with van der Waals surface area (Å²) in [6, 6.07) is 31.8. The fourth-order valence-corrected chi connectivity index (χ4v) is 6.57. The Morgan fingerprint density at radius 3 is 2.53 bits per heavy atom. The Labute approximate surface area is 252 Å². The molecule has 1 aliphatic rings. The van der Waals surface area contributed by atoms with Crippen LogP contribution in [0, 0.1) is 25.2 Å². The molecule has 1 atom stereocenters. The van der Waals surface area contributed by atoms with Crippen molar-refractivity contribution >= 4 is 22.3 Å². The minimum absolute atomic E-state index is 0.326. The Morgan fingerprint density at radius 2 is 1.72 bits per heavy atom. The van der Waals surface area contributed by atoms with Crippen LogP contribution in [-0.2, 0) is 6.42 Å². The summed E-state index contributed by atoms with van der Waals surface area (Å²) < 4.78 is 4.28. The third-order valence-corrected chi connectivity index (χ3v) is 8.56. The van der Waals surface area contributed by atoms with Crippen molar-refractivity contribution in [3.8, 4) is 28.8 Å². The van der Waals surface area contributed by atoms with Gasteiger partial charge in [-0.1, -0.05) is 55.3 Å². The molecule has 3 heterocycles. The minimum atomic E-state index is -0.326. The average molecular weight is 563 g/mol. The second-order valence-electron chi connectivity index (χ2n) is 11.6. The summed E-state index contributed by atoms with van der Waals surface area (Å²) >= 11 is 0. The summed E-state index contributed by atoms with van der Waals surface area (Å²) in [5, 5.41) is 18.8. The molecule has 0 aliphatic carbocycles. The summed E-state index contributed by atoms with van der Waals surface area (Å²) in [4.78, 5) is 4.76. The van der Waals surface area contributed by atoms with Gasteiger partial charge in [0.1, 0.15) is 17.6 Å². The predicted molar refractivity (Wildman–Crippen MR) is 175 cm³/mol. The number of anilines is 2. The quantitative estimate of drug-likeness (QED) is 0.205. The van der Waals surface area contributed by atoms with E-state index in [0.717, 1.165) is 58.9 Å². The van der Waals surface area contributed by atoms with Crippen LogP contribution in [0.5, 0.6) is 0 Å². The molecule has 43 heavy (non-hydrogen) atoms. The fraction of sp³-hybridized carbons (Fsp3) is 0.189. The number of hydrogen-bond donors (Lipinski definition) is 2. The first-order chi connectivity index (χ1) is 21.0. The summed E-state index contributed by atoms with van der Waals surface area (Å²) in [6.45, 7) is 6.51. The molecule has 0 amide bonds. The normalized spacial score (nSPS) is 15.6. The second-order valence-corrected chi connectivity index (χ2v) is 11.6. The molecule has 2 aromatic heterocycles. The Kier molecular flexibility index (Phi) is 6.51. The zero-order chi connectivity index (χ0) is 29.6. The summed E-state index contributed by atoms with van der Waals surface area (Å²) in [5.74, 6) is 0.924. The van der Waals surface area contributed by atoms with Crippen LogP contribution in [0.3, 0.4) is 0 Å². The molecule has 0 bridgehead atoms. The molecule has 7 rings (SSSR count). The first kappa shape index (κ1) is 26.6. The highest BCUT2D eigenvalue weighted by Crippen LogP contribution is 2.43. The molecule has 0 spiro atoms. The van der Waals surface area contributed by atoms with Crippen molar-refractivity contribution in [1.29, 1.82) is 5.26 Å². The van der Waals surface area contributed by atoms with Crippen LogP contribution in [0.25, 0.3) is 33.7 Å². The number of rotatable bonds is 7. The summed E-state index contributed by atoms with van der Waals surface area (Å²) in [6.07, 6.45) is 8.77. The van der Waals surface area contributed by atoms with E-state index in [-0.39, 0.29) is 5.66 Å². The Balaban J connectivity index is 1.24. The molecule has 0 saturated heterocycles. The van der Waals surface area contributed by atoms with Gasteiger partial charge in [-0.15, -0.1) is 0 Å². The van der Waals surface area contributed by atoms with Crippen molar-refractivity contribution < 1.29 is 0 Å². The number of benzene rings is 4. The second kappa shape index (κ2) is 10.5. The topological polar surface area (TPSA) is 70.6 Å². The van der Waals surface area contributed by atoms with Crippen LogP contribution >= 0.6 is 0 Å². The van der Waals surface area contributed by atoms with Crippen molar-refractivity contribution in [3.63, 3.8) is 0 Å². The molecule has 6 nitrogen and oxygen atoms in total. The van der Waals surface area contributed by atoms with Crippen molar-refractivity contribution in [2.45, 2.75) is 45.7 Å². The molecule has 0 saturated carbocycles. The molecule has 0 radical (unpaired) electrons. The van der Waals surface area contributed by atoms with E-state index in [2.05, 4.69) is 113 Å².